The first kappa shape index (κ1) is 12.0. The third kappa shape index (κ3) is 2.29. The maximum absolute atomic E-state index is 12.1. The molecule has 0 unspecified atom stereocenters. The van der Waals surface area contributed by atoms with Crippen molar-refractivity contribution in [2.24, 2.45) is 0 Å². The SMILES string of the molecule is COc1ccc(C(=O)c2ccnnc2)cc1OC. The number of carbonyl (C=O) groups excluding carboxylic acids is 1. The smallest absolute Gasteiger partial charge is 0.194 e. The van der Waals surface area contributed by atoms with Crippen LogP contribution < -0.4 is 9.47 Å². The number of carbonyl (C=O) groups is 1. The van der Waals surface area contributed by atoms with Crippen molar-refractivity contribution in [3.63, 3.8) is 0 Å². The summed E-state index contributed by atoms with van der Waals surface area (Å²) in [5, 5.41) is 7.32. The highest BCUT2D eigenvalue weighted by atomic mass is 16.5. The molecule has 5 nitrogen and oxygen atoms in total. The van der Waals surface area contributed by atoms with Gasteiger partial charge in [-0.05, 0) is 24.3 Å². The van der Waals surface area contributed by atoms with E-state index in [0.717, 1.165) is 0 Å². The second-order valence-electron chi connectivity index (χ2n) is 3.53. The molecule has 0 amide bonds. The quantitative estimate of drug-likeness (QED) is 0.766. The first-order valence-electron chi connectivity index (χ1n) is 5.29. The van der Waals surface area contributed by atoms with Gasteiger partial charge in [-0.1, -0.05) is 0 Å². The van der Waals surface area contributed by atoms with Crippen molar-refractivity contribution in [1.82, 2.24) is 10.2 Å². The van der Waals surface area contributed by atoms with Gasteiger partial charge in [-0.3, -0.25) is 4.79 Å². The van der Waals surface area contributed by atoms with Crippen LogP contribution in [0.2, 0.25) is 0 Å². The molecule has 0 saturated carbocycles. The molecule has 0 saturated heterocycles. The molecule has 0 aliphatic carbocycles. The molecule has 0 fully saturated rings. The van der Waals surface area contributed by atoms with Gasteiger partial charge in [0.15, 0.2) is 17.3 Å². The molecule has 0 spiro atoms. The van der Waals surface area contributed by atoms with Gasteiger partial charge in [0, 0.05) is 11.1 Å². The summed E-state index contributed by atoms with van der Waals surface area (Å²) in [7, 11) is 3.08. The number of benzene rings is 1. The predicted octanol–water partition coefficient (Wildman–Crippen LogP) is 1.72. The fourth-order valence-corrected chi connectivity index (χ4v) is 1.57. The molecule has 2 rings (SSSR count). The van der Waals surface area contributed by atoms with Gasteiger partial charge in [0.25, 0.3) is 0 Å². The van der Waals surface area contributed by atoms with Crippen molar-refractivity contribution in [3.05, 3.63) is 47.8 Å². The molecule has 1 aromatic carbocycles. The summed E-state index contributed by atoms with van der Waals surface area (Å²) in [6.45, 7) is 0. The van der Waals surface area contributed by atoms with E-state index in [1.807, 2.05) is 0 Å². The number of rotatable bonds is 4. The summed E-state index contributed by atoms with van der Waals surface area (Å²) in [4.78, 5) is 12.1. The molecule has 0 radical (unpaired) electrons. The second kappa shape index (κ2) is 5.27. The van der Waals surface area contributed by atoms with Crippen LogP contribution in [0.3, 0.4) is 0 Å². The van der Waals surface area contributed by atoms with Gasteiger partial charge in [0.1, 0.15) is 0 Å². The van der Waals surface area contributed by atoms with E-state index in [9.17, 15) is 4.79 Å². The third-order valence-electron chi connectivity index (χ3n) is 2.49. The Kier molecular flexibility index (Phi) is 3.52. The molecule has 0 aliphatic heterocycles. The fourth-order valence-electron chi connectivity index (χ4n) is 1.57. The third-order valence-corrected chi connectivity index (χ3v) is 2.49. The lowest BCUT2D eigenvalue weighted by atomic mass is 10.1. The Hall–Kier alpha value is -2.43. The van der Waals surface area contributed by atoms with Crippen molar-refractivity contribution in [2.75, 3.05) is 14.2 Å². The Morgan fingerprint density at radius 2 is 1.78 bits per heavy atom. The number of ether oxygens (including phenoxy) is 2. The van der Waals surface area contributed by atoms with Gasteiger partial charge in [-0.15, -0.1) is 0 Å². The zero-order chi connectivity index (χ0) is 13.0. The summed E-state index contributed by atoms with van der Waals surface area (Å²) < 4.78 is 10.3. The second-order valence-corrected chi connectivity index (χ2v) is 3.53. The lowest BCUT2D eigenvalue weighted by Gasteiger charge is -2.08. The van der Waals surface area contributed by atoms with Crippen LogP contribution in [0.25, 0.3) is 0 Å². The van der Waals surface area contributed by atoms with E-state index in [-0.39, 0.29) is 5.78 Å². The zero-order valence-electron chi connectivity index (χ0n) is 10.1. The van der Waals surface area contributed by atoms with E-state index in [1.54, 1.807) is 31.4 Å². The number of methoxy groups -OCH3 is 2. The van der Waals surface area contributed by atoms with Crippen LogP contribution in [0.4, 0.5) is 0 Å². The fraction of sp³-hybridized carbons (Fsp3) is 0.154. The van der Waals surface area contributed by atoms with Crippen molar-refractivity contribution >= 4 is 5.78 Å². The molecule has 0 bridgehead atoms. The van der Waals surface area contributed by atoms with Crippen LogP contribution >= 0.6 is 0 Å². The van der Waals surface area contributed by atoms with E-state index in [0.29, 0.717) is 22.6 Å². The maximum atomic E-state index is 12.1. The van der Waals surface area contributed by atoms with Crippen molar-refractivity contribution in [2.45, 2.75) is 0 Å². The highest BCUT2D eigenvalue weighted by Crippen LogP contribution is 2.28. The van der Waals surface area contributed by atoms with Gasteiger partial charge in [0.05, 0.1) is 26.6 Å². The number of hydrogen-bond donors (Lipinski definition) is 0. The van der Waals surface area contributed by atoms with Gasteiger partial charge >= 0.3 is 0 Å². The Morgan fingerprint density at radius 3 is 2.39 bits per heavy atom. The highest BCUT2D eigenvalue weighted by Gasteiger charge is 2.12. The predicted molar refractivity (Wildman–Crippen MR) is 65.0 cm³/mol. The summed E-state index contributed by atoms with van der Waals surface area (Å²) in [6, 6.07) is 6.64. The monoisotopic (exact) mass is 244 g/mol. The van der Waals surface area contributed by atoms with E-state index in [1.165, 1.54) is 19.5 Å². The molecule has 1 aromatic heterocycles. The lowest BCUT2D eigenvalue weighted by Crippen LogP contribution is -2.03. The molecule has 0 N–H and O–H groups in total. The summed E-state index contributed by atoms with van der Waals surface area (Å²) >= 11 is 0. The standard InChI is InChI=1S/C13H12N2O3/c1-17-11-4-3-9(7-12(11)18-2)13(16)10-5-6-14-15-8-10/h3-8H,1-2H3. The summed E-state index contributed by atoms with van der Waals surface area (Å²) in [5.74, 6) is 0.970. The van der Waals surface area contributed by atoms with Crippen LogP contribution in [0.15, 0.2) is 36.7 Å². The Labute approximate surface area is 104 Å². The minimum absolute atomic E-state index is 0.133. The molecule has 18 heavy (non-hydrogen) atoms. The summed E-state index contributed by atoms with van der Waals surface area (Å²) in [5.41, 5.74) is 0.998. The Balaban J connectivity index is 2.37. The zero-order valence-corrected chi connectivity index (χ0v) is 10.1. The largest absolute Gasteiger partial charge is 0.493 e. The minimum Gasteiger partial charge on any atom is -0.493 e. The van der Waals surface area contributed by atoms with Crippen LogP contribution in [0.5, 0.6) is 11.5 Å². The van der Waals surface area contributed by atoms with Crippen LogP contribution in [-0.4, -0.2) is 30.2 Å². The van der Waals surface area contributed by atoms with Crippen LogP contribution in [-0.2, 0) is 0 Å². The molecule has 0 atom stereocenters. The first-order chi connectivity index (χ1) is 8.76. The Bertz CT molecular complexity index is 555. The van der Waals surface area contributed by atoms with Crippen LogP contribution in [0.1, 0.15) is 15.9 Å². The number of ketones is 1. The van der Waals surface area contributed by atoms with Gasteiger partial charge in [-0.25, -0.2) is 0 Å². The number of aromatic nitrogens is 2. The summed E-state index contributed by atoms with van der Waals surface area (Å²) in [6.07, 6.45) is 2.91. The Morgan fingerprint density at radius 1 is 1.00 bits per heavy atom. The lowest BCUT2D eigenvalue weighted by molar-refractivity contribution is 0.103. The van der Waals surface area contributed by atoms with E-state index in [4.69, 9.17) is 9.47 Å². The molecular formula is C13H12N2O3. The van der Waals surface area contributed by atoms with Crippen molar-refractivity contribution in [1.29, 1.82) is 0 Å². The van der Waals surface area contributed by atoms with Crippen molar-refractivity contribution in [3.8, 4) is 11.5 Å². The normalized spacial score (nSPS) is 9.89. The number of hydrogen-bond acceptors (Lipinski definition) is 5. The van der Waals surface area contributed by atoms with Gasteiger partial charge in [0.2, 0.25) is 0 Å². The van der Waals surface area contributed by atoms with Gasteiger partial charge in [-0.2, -0.15) is 10.2 Å². The average Bonchev–Trinajstić information content (AvgIpc) is 2.46. The van der Waals surface area contributed by atoms with Crippen molar-refractivity contribution < 1.29 is 14.3 Å². The van der Waals surface area contributed by atoms with Gasteiger partial charge < -0.3 is 9.47 Å². The average molecular weight is 244 g/mol. The van der Waals surface area contributed by atoms with E-state index in [2.05, 4.69) is 10.2 Å². The number of nitrogens with zero attached hydrogens (tertiary/aromatic N) is 2. The minimum atomic E-state index is -0.133. The molecule has 1 heterocycles. The topological polar surface area (TPSA) is 61.3 Å². The first-order valence-corrected chi connectivity index (χ1v) is 5.29. The molecular weight excluding hydrogens is 232 g/mol. The van der Waals surface area contributed by atoms with Crippen LogP contribution in [0, 0.1) is 0 Å². The molecule has 92 valence electrons. The molecule has 5 heteroatoms. The highest BCUT2D eigenvalue weighted by molar-refractivity contribution is 6.09. The molecule has 2 aromatic rings. The molecule has 0 aliphatic rings. The van der Waals surface area contributed by atoms with E-state index < -0.39 is 0 Å². The van der Waals surface area contributed by atoms with E-state index >= 15 is 0 Å². The maximum Gasteiger partial charge on any atom is 0.194 e.